The third-order valence-corrected chi connectivity index (χ3v) is 3.47. The Bertz CT molecular complexity index is 349. The lowest BCUT2D eigenvalue weighted by molar-refractivity contribution is 0.140. The Morgan fingerprint density at radius 2 is 2.16 bits per heavy atom. The lowest BCUT2D eigenvalue weighted by atomic mass is 10.0. The second-order valence-corrected chi connectivity index (χ2v) is 4.94. The molecule has 0 amide bonds. The molecule has 0 N–H and O–H groups in total. The van der Waals surface area contributed by atoms with E-state index >= 15 is 0 Å². The lowest BCUT2D eigenvalue weighted by Crippen LogP contribution is -2.11. The molecule has 106 valence electrons. The lowest BCUT2D eigenvalue weighted by Gasteiger charge is -2.16. The molecule has 0 bridgehead atoms. The fraction of sp³-hybridized carbons (Fsp3) is 0.588. The van der Waals surface area contributed by atoms with Crippen LogP contribution in [-0.2, 0) is 4.74 Å². The van der Waals surface area contributed by atoms with Crippen LogP contribution in [0.25, 0.3) is 0 Å². The van der Waals surface area contributed by atoms with Crippen LogP contribution in [0.3, 0.4) is 0 Å². The maximum absolute atomic E-state index is 5.85. The molecular weight excluding hydrogens is 236 g/mol. The van der Waals surface area contributed by atoms with Crippen LogP contribution in [0.1, 0.15) is 51.2 Å². The first kappa shape index (κ1) is 16.0. The van der Waals surface area contributed by atoms with Gasteiger partial charge in [-0.3, -0.25) is 0 Å². The molecule has 1 aromatic carbocycles. The van der Waals surface area contributed by atoms with Crippen LogP contribution in [0.2, 0.25) is 0 Å². The van der Waals surface area contributed by atoms with Gasteiger partial charge in [0.15, 0.2) is 0 Å². The van der Waals surface area contributed by atoms with Crippen LogP contribution < -0.4 is 4.74 Å². The number of methoxy groups -OCH3 is 1. The van der Waals surface area contributed by atoms with Gasteiger partial charge in [-0.1, -0.05) is 45.2 Å². The van der Waals surface area contributed by atoms with Crippen molar-refractivity contribution in [2.75, 3.05) is 13.7 Å². The molecule has 0 spiro atoms. The molecule has 2 radical (unpaired) electrons. The average Bonchev–Trinajstić information content (AvgIpc) is 2.47. The van der Waals surface area contributed by atoms with Crippen molar-refractivity contribution in [3.8, 4) is 5.75 Å². The Morgan fingerprint density at radius 1 is 1.37 bits per heavy atom. The molecule has 0 aliphatic heterocycles. The van der Waals surface area contributed by atoms with Gasteiger partial charge < -0.3 is 9.47 Å². The monoisotopic (exact) mass is 262 g/mol. The summed E-state index contributed by atoms with van der Waals surface area (Å²) < 4.78 is 11.1. The molecule has 2 unspecified atom stereocenters. The summed E-state index contributed by atoms with van der Waals surface area (Å²) in [5.41, 5.74) is 1.03. The first-order valence-electron chi connectivity index (χ1n) is 7.21. The minimum Gasteiger partial charge on any atom is -0.493 e. The van der Waals surface area contributed by atoms with Gasteiger partial charge in [-0.15, -0.1) is 0 Å². The van der Waals surface area contributed by atoms with Crippen LogP contribution in [-0.4, -0.2) is 13.7 Å². The number of unbranched alkanes of at least 4 members (excludes halogenated alkanes) is 1. The van der Waals surface area contributed by atoms with Gasteiger partial charge in [-0.05, 0) is 30.9 Å². The number of hydrogen-bond acceptors (Lipinski definition) is 2. The van der Waals surface area contributed by atoms with Crippen LogP contribution >= 0.6 is 0 Å². The molecule has 19 heavy (non-hydrogen) atoms. The van der Waals surface area contributed by atoms with Gasteiger partial charge in [0.25, 0.3) is 0 Å². The average molecular weight is 262 g/mol. The Labute approximate surface area is 118 Å². The van der Waals surface area contributed by atoms with E-state index in [1.807, 2.05) is 18.2 Å². The van der Waals surface area contributed by atoms with E-state index in [1.54, 1.807) is 7.11 Å². The van der Waals surface area contributed by atoms with Crippen molar-refractivity contribution < 1.29 is 9.47 Å². The molecule has 0 saturated carbocycles. The van der Waals surface area contributed by atoms with E-state index in [-0.39, 0.29) is 6.10 Å². The van der Waals surface area contributed by atoms with E-state index in [0.29, 0.717) is 5.92 Å². The quantitative estimate of drug-likeness (QED) is 0.647. The standard InChI is InChI=1S/C17H26O2/c1-5-7-9-15(6-2)13-19-17-11-8-10-16(12-17)14(3)18-4/h8,10,12,14-15H,3,5-7,9,13H2,1-2,4H3. The van der Waals surface area contributed by atoms with E-state index in [9.17, 15) is 0 Å². The smallest absolute Gasteiger partial charge is 0.127 e. The van der Waals surface area contributed by atoms with E-state index in [1.165, 1.54) is 19.3 Å². The Hall–Kier alpha value is -1.02. The summed E-state index contributed by atoms with van der Waals surface area (Å²) in [6.07, 6.45) is 4.77. The highest BCUT2D eigenvalue weighted by atomic mass is 16.5. The van der Waals surface area contributed by atoms with Gasteiger partial charge in [0.05, 0.1) is 12.7 Å². The van der Waals surface area contributed by atoms with Crippen molar-refractivity contribution in [3.05, 3.63) is 36.8 Å². The molecule has 0 fully saturated rings. The second-order valence-electron chi connectivity index (χ2n) is 4.94. The van der Waals surface area contributed by atoms with E-state index in [4.69, 9.17) is 9.47 Å². The van der Waals surface area contributed by atoms with Crippen molar-refractivity contribution in [1.29, 1.82) is 0 Å². The molecule has 0 aliphatic carbocycles. The van der Waals surface area contributed by atoms with Crippen LogP contribution in [0.4, 0.5) is 0 Å². The summed E-state index contributed by atoms with van der Waals surface area (Å²) >= 11 is 0. The fourth-order valence-corrected chi connectivity index (χ4v) is 1.99. The highest BCUT2D eigenvalue weighted by Crippen LogP contribution is 2.21. The molecule has 0 saturated heterocycles. The summed E-state index contributed by atoms with van der Waals surface area (Å²) in [7, 11) is 1.66. The van der Waals surface area contributed by atoms with Gasteiger partial charge in [-0.2, -0.15) is 0 Å². The van der Waals surface area contributed by atoms with Gasteiger partial charge in [0.1, 0.15) is 5.75 Å². The van der Waals surface area contributed by atoms with Crippen molar-refractivity contribution in [2.45, 2.75) is 45.6 Å². The second kappa shape index (κ2) is 8.98. The van der Waals surface area contributed by atoms with Crippen molar-refractivity contribution >= 4 is 0 Å². The summed E-state index contributed by atoms with van der Waals surface area (Å²) in [4.78, 5) is 0. The molecule has 2 heteroatoms. The Balaban J connectivity index is 2.52. The molecule has 0 heterocycles. The fourth-order valence-electron chi connectivity index (χ4n) is 1.99. The first-order chi connectivity index (χ1) is 9.21. The maximum atomic E-state index is 5.85. The topological polar surface area (TPSA) is 18.5 Å². The molecule has 2 atom stereocenters. The molecule has 0 aromatic heterocycles. The van der Waals surface area contributed by atoms with Crippen molar-refractivity contribution in [1.82, 2.24) is 0 Å². The van der Waals surface area contributed by atoms with Crippen molar-refractivity contribution in [2.24, 2.45) is 5.92 Å². The summed E-state index contributed by atoms with van der Waals surface area (Å²) in [5, 5.41) is 0. The number of ether oxygens (including phenoxy) is 2. The first-order valence-corrected chi connectivity index (χ1v) is 7.21. The summed E-state index contributed by atoms with van der Waals surface area (Å²) in [5.74, 6) is 1.42. The highest BCUT2D eigenvalue weighted by molar-refractivity contribution is 5.29. The predicted octanol–water partition coefficient (Wildman–Crippen LogP) is 4.60. The SMILES string of the molecule is [CH2]C(OC)c1cc[c]c(OCC(CC)CCCC)c1. The zero-order chi connectivity index (χ0) is 14.1. The van der Waals surface area contributed by atoms with Crippen molar-refractivity contribution in [3.63, 3.8) is 0 Å². The normalized spacial score (nSPS) is 14.1. The summed E-state index contributed by atoms with van der Waals surface area (Å²) in [6.45, 7) is 9.15. The minimum absolute atomic E-state index is 0.154. The minimum atomic E-state index is -0.154. The molecule has 1 rings (SSSR count). The Morgan fingerprint density at radius 3 is 2.79 bits per heavy atom. The van der Waals surface area contributed by atoms with E-state index in [0.717, 1.165) is 24.3 Å². The molecular formula is C17H26O2. The van der Waals surface area contributed by atoms with E-state index in [2.05, 4.69) is 26.8 Å². The van der Waals surface area contributed by atoms with Crippen LogP contribution in [0, 0.1) is 18.9 Å². The molecule has 2 nitrogen and oxygen atoms in total. The zero-order valence-corrected chi connectivity index (χ0v) is 12.4. The highest BCUT2D eigenvalue weighted by Gasteiger charge is 2.09. The Kier molecular flexibility index (Phi) is 7.57. The van der Waals surface area contributed by atoms with Gasteiger partial charge >= 0.3 is 0 Å². The summed E-state index contributed by atoms with van der Waals surface area (Å²) in [6, 6.07) is 8.91. The third-order valence-electron chi connectivity index (χ3n) is 3.47. The number of rotatable bonds is 9. The van der Waals surface area contributed by atoms with Crippen LogP contribution in [0.15, 0.2) is 18.2 Å². The molecule has 0 aliphatic rings. The largest absolute Gasteiger partial charge is 0.493 e. The van der Waals surface area contributed by atoms with E-state index < -0.39 is 0 Å². The third kappa shape index (κ3) is 5.65. The van der Waals surface area contributed by atoms with Gasteiger partial charge in [0, 0.05) is 13.2 Å². The zero-order valence-electron chi connectivity index (χ0n) is 12.4. The number of hydrogen-bond donors (Lipinski definition) is 0. The van der Waals surface area contributed by atoms with Gasteiger partial charge in [0.2, 0.25) is 0 Å². The number of benzene rings is 1. The predicted molar refractivity (Wildman–Crippen MR) is 79.2 cm³/mol. The van der Waals surface area contributed by atoms with Gasteiger partial charge in [-0.25, -0.2) is 0 Å². The molecule has 1 aromatic rings. The maximum Gasteiger partial charge on any atom is 0.127 e. The van der Waals surface area contributed by atoms with Crippen LogP contribution in [0.5, 0.6) is 5.75 Å².